The number of carbonyl (C=O) groups is 1. The summed E-state index contributed by atoms with van der Waals surface area (Å²) in [6.45, 7) is 5.08. The lowest BCUT2D eigenvalue weighted by atomic mass is 9.77. The summed E-state index contributed by atoms with van der Waals surface area (Å²) >= 11 is 0. The number of esters is 1. The monoisotopic (exact) mass is 718 g/mol. The third-order valence-electron chi connectivity index (χ3n) is 9.78. The van der Waals surface area contributed by atoms with Crippen LogP contribution in [0.3, 0.4) is 0 Å². The molecule has 10 nitrogen and oxygen atoms in total. The molecule has 1 unspecified atom stereocenters. The first kappa shape index (κ1) is 36.1. The Morgan fingerprint density at radius 3 is 1.80 bits per heavy atom. The molecule has 7 aromatic rings. The molecule has 5 aromatic carbocycles. The number of ether oxygens (including phenoxy) is 2. The van der Waals surface area contributed by atoms with Gasteiger partial charge in [-0.25, -0.2) is 14.5 Å². The highest BCUT2D eigenvalue weighted by Gasteiger charge is 2.42. The Morgan fingerprint density at radius 1 is 0.759 bits per heavy atom. The Balaban J connectivity index is 1.24. The van der Waals surface area contributed by atoms with Gasteiger partial charge in [-0.15, -0.1) is 5.10 Å². The number of tetrazole rings is 1. The van der Waals surface area contributed by atoms with Gasteiger partial charge in [-0.1, -0.05) is 140 Å². The molecule has 0 saturated heterocycles. The zero-order valence-corrected chi connectivity index (χ0v) is 30.9. The predicted molar refractivity (Wildman–Crippen MR) is 206 cm³/mol. The van der Waals surface area contributed by atoms with Crippen LogP contribution in [0.25, 0.3) is 22.5 Å². The van der Waals surface area contributed by atoms with E-state index in [0.29, 0.717) is 17.3 Å². The van der Waals surface area contributed by atoms with Crippen LogP contribution in [-0.2, 0) is 34.3 Å². The van der Waals surface area contributed by atoms with E-state index in [0.717, 1.165) is 38.9 Å². The smallest absolute Gasteiger partial charge is 0.359 e. The van der Waals surface area contributed by atoms with Crippen LogP contribution in [0.15, 0.2) is 140 Å². The highest BCUT2D eigenvalue weighted by molar-refractivity contribution is 5.89. The summed E-state index contributed by atoms with van der Waals surface area (Å²) in [5.74, 6) is 0.488. The first-order valence-corrected chi connectivity index (χ1v) is 17.8. The van der Waals surface area contributed by atoms with E-state index in [-0.39, 0.29) is 18.4 Å². The second kappa shape index (κ2) is 15.0. The molecule has 0 spiro atoms. The molecule has 0 aliphatic rings. The van der Waals surface area contributed by atoms with Crippen molar-refractivity contribution in [2.24, 2.45) is 7.05 Å². The van der Waals surface area contributed by atoms with Crippen molar-refractivity contribution < 1.29 is 19.4 Å². The molecule has 2 heterocycles. The maximum absolute atomic E-state index is 13.4. The van der Waals surface area contributed by atoms with Crippen LogP contribution in [0, 0.1) is 0 Å². The molecule has 0 bridgehead atoms. The molecule has 0 aliphatic heterocycles. The van der Waals surface area contributed by atoms with Crippen LogP contribution in [0.5, 0.6) is 0 Å². The van der Waals surface area contributed by atoms with Crippen LogP contribution in [-0.4, -0.2) is 47.9 Å². The minimum atomic E-state index is -1.33. The van der Waals surface area contributed by atoms with E-state index in [1.165, 1.54) is 0 Å². The number of methoxy groups -OCH3 is 1. The molecule has 7 rings (SSSR count). The van der Waals surface area contributed by atoms with Crippen molar-refractivity contribution in [1.82, 2.24) is 29.8 Å². The van der Waals surface area contributed by atoms with Crippen LogP contribution in [0.4, 0.5) is 0 Å². The second-order valence-corrected chi connectivity index (χ2v) is 13.7. The Hall–Kier alpha value is -6.23. The van der Waals surface area contributed by atoms with Crippen molar-refractivity contribution >= 4 is 5.97 Å². The van der Waals surface area contributed by atoms with E-state index in [1.54, 1.807) is 32.6 Å². The number of rotatable bonds is 12. The lowest BCUT2D eigenvalue weighted by Crippen LogP contribution is -2.39. The van der Waals surface area contributed by atoms with Gasteiger partial charge in [0.25, 0.3) is 0 Å². The Morgan fingerprint density at radius 2 is 1.28 bits per heavy atom. The molecule has 2 aromatic heterocycles. The van der Waals surface area contributed by atoms with E-state index in [1.807, 2.05) is 109 Å². The number of carbonyl (C=O) groups excluding carboxylic acids is 1. The zero-order valence-electron chi connectivity index (χ0n) is 30.9. The molecule has 0 saturated carbocycles. The lowest BCUT2D eigenvalue weighted by Gasteiger charge is -2.36. The van der Waals surface area contributed by atoms with E-state index in [4.69, 9.17) is 14.7 Å². The van der Waals surface area contributed by atoms with Gasteiger partial charge in [0.2, 0.25) is 0 Å². The summed E-state index contributed by atoms with van der Waals surface area (Å²) in [5, 5.41) is 24.6. The maximum atomic E-state index is 13.4. The van der Waals surface area contributed by atoms with Crippen LogP contribution in [0.1, 0.15) is 71.1 Å². The number of nitrogens with zero attached hydrogens (tertiary/aromatic N) is 6. The van der Waals surface area contributed by atoms with Gasteiger partial charge in [-0.05, 0) is 64.6 Å². The van der Waals surface area contributed by atoms with Gasteiger partial charge in [0.1, 0.15) is 29.7 Å². The van der Waals surface area contributed by atoms with Crippen molar-refractivity contribution in [2.45, 2.75) is 44.6 Å². The first-order valence-electron chi connectivity index (χ1n) is 17.8. The highest BCUT2D eigenvalue weighted by atomic mass is 16.5. The molecule has 54 heavy (non-hydrogen) atoms. The Kier molecular flexibility index (Phi) is 10.1. The van der Waals surface area contributed by atoms with Gasteiger partial charge in [-0.3, -0.25) is 0 Å². The third-order valence-corrected chi connectivity index (χ3v) is 9.78. The molecule has 0 amide bonds. The van der Waals surface area contributed by atoms with Crippen molar-refractivity contribution in [1.29, 1.82) is 0 Å². The number of aliphatic hydroxyl groups is 1. The lowest BCUT2D eigenvalue weighted by molar-refractivity contribution is 0.0422. The summed E-state index contributed by atoms with van der Waals surface area (Å²) in [6.07, 6.45) is -0.385. The Bertz CT molecular complexity index is 2250. The van der Waals surface area contributed by atoms with Crippen molar-refractivity contribution in [3.05, 3.63) is 179 Å². The third kappa shape index (κ3) is 6.61. The van der Waals surface area contributed by atoms with Crippen molar-refractivity contribution in [2.75, 3.05) is 7.11 Å². The molecule has 0 aliphatic carbocycles. The molecule has 0 fully saturated rings. The van der Waals surface area contributed by atoms with Gasteiger partial charge in [0.05, 0.1) is 5.69 Å². The predicted octanol–water partition coefficient (Wildman–Crippen LogP) is 7.87. The minimum absolute atomic E-state index is 0.0176. The number of benzene rings is 5. The molecule has 272 valence electrons. The summed E-state index contributed by atoms with van der Waals surface area (Å²) in [7, 11) is 3.32. The summed E-state index contributed by atoms with van der Waals surface area (Å²) in [5.41, 5.74) is 4.73. The second-order valence-electron chi connectivity index (χ2n) is 13.7. The van der Waals surface area contributed by atoms with Crippen LogP contribution < -0.4 is 0 Å². The van der Waals surface area contributed by atoms with Gasteiger partial charge >= 0.3 is 5.97 Å². The average molecular weight is 719 g/mol. The topological polar surface area (TPSA) is 117 Å². The fraction of sp³-hybridized carbons (Fsp3) is 0.205. The molecular formula is C44H42N6O4. The fourth-order valence-electron chi connectivity index (χ4n) is 7.24. The number of hydrogen-bond acceptors (Lipinski definition) is 8. The van der Waals surface area contributed by atoms with Crippen molar-refractivity contribution in [3.63, 3.8) is 0 Å². The van der Waals surface area contributed by atoms with E-state index in [2.05, 4.69) is 57.8 Å². The van der Waals surface area contributed by atoms with Gasteiger partial charge in [0.15, 0.2) is 11.5 Å². The van der Waals surface area contributed by atoms with E-state index in [9.17, 15) is 9.90 Å². The molecule has 1 atom stereocenters. The standard InChI is InChI=1S/C44H42N6O4/c1-30(53-5)40-45-38(39(49(40)4)43(2,3)52)42(51)54-29-31-25-27-32(28-26-31)36-23-15-16-24-37(36)41-46-47-48-50(41)44(33-17-9-6-10-18-33,34-19-11-7-12-20-34)35-21-13-8-14-22-35/h6-28,30,52H,29H2,1-5H3. The quantitative estimate of drug-likeness (QED) is 0.100. The summed E-state index contributed by atoms with van der Waals surface area (Å²) in [6, 6.07) is 46.8. The largest absolute Gasteiger partial charge is 0.456 e. The maximum Gasteiger partial charge on any atom is 0.359 e. The number of imidazole rings is 1. The number of aromatic nitrogens is 6. The van der Waals surface area contributed by atoms with Gasteiger partial charge in [0, 0.05) is 19.7 Å². The van der Waals surface area contributed by atoms with Crippen molar-refractivity contribution in [3.8, 4) is 22.5 Å². The first-order chi connectivity index (χ1) is 26.1. The highest BCUT2D eigenvalue weighted by Crippen LogP contribution is 2.43. The van der Waals surface area contributed by atoms with E-state index < -0.39 is 17.1 Å². The fourth-order valence-corrected chi connectivity index (χ4v) is 7.24. The molecule has 1 N–H and O–H groups in total. The van der Waals surface area contributed by atoms with Crippen LogP contribution >= 0.6 is 0 Å². The SMILES string of the molecule is COC(C)c1nc(C(=O)OCc2ccc(-c3ccccc3-c3nnnn3C(c3ccccc3)(c3ccccc3)c3ccccc3)cc2)c(C(C)(C)O)n1C. The van der Waals surface area contributed by atoms with Gasteiger partial charge in [-0.2, -0.15) is 0 Å². The molecular weight excluding hydrogens is 677 g/mol. The zero-order chi connectivity index (χ0) is 37.9. The van der Waals surface area contributed by atoms with Gasteiger partial charge < -0.3 is 19.1 Å². The number of hydrogen-bond donors (Lipinski definition) is 1. The summed E-state index contributed by atoms with van der Waals surface area (Å²) in [4.78, 5) is 17.9. The normalized spacial score (nSPS) is 12.4. The van der Waals surface area contributed by atoms with E-state index >= 15 is 0 Å². The Labute approximate surface area is 314 Å². The molecule has 0 radical (unpaired) electrons. The molecule has 10 heteroatoms. The van der Waals surface area contributed by atoms with Crippen LogP contribution in [0.2, 0.25) is 0 Å². The summed E-state index contributed by atoms with van der Waals surface area (Å²) < 4.78 is 14.8. The average Bonchev–Trinajstić information content (AvgIpc) is 3.84. The minimum Gasteiger partial charge on any atom is -0.456 e.